The third-order valence-corrected chi connectivity index (χ3v) is 2.72. The molecule has 0 saturated carbocycles. The largest absolute Gasteiger partial charge is 0.261 e. The first kappa shape index (κ1) is 11.3. The average Bonchev–Trinajstić information content (AvgIpc) is 2.72. The number of aryl methyl sites for hydroxylation is 2. The Morgan fingerprint density at radius 1 is 1.25 bits per heavy atom. The molecular weight excluding hydrogens is 268 g/mol. The normalized spacial score (nSPS) is 10.7. The van der Waals surface area contributed by atoms with Crippen molar-refractivity contribution in [3.8, 4) is 5.69 Å². The summed E-state index contributed by atoms with van der Waals surface area (Å²) in [6.45, 7) is 4.13. The molecule has 0 fully saturated rings. The Labute approximate surface area is 103 Å². The molecule has 16 heavy (non-hydrogen) atoms. The van der Waals surface area contributed by atoms with E-state index in [1.54, 1.807) is 12.4 Å². The lowest BCUT2D eigenvalue weighted by Crippen LogP contribution is -2.02. The standard InChI is InChI=1S/C11H13BrN4/c1-3-10-14-11(4-2)16(15-10)9-5-8(12)6-13-7-9/h5-7H,3-4H2,1-2H3. The fourth-order valence-electron chi connectivity index (χ4n) is 1.49. The van der Waals surface area contributed by atoms with Gasteiger partial charge < -0.3 is 0 Å². The summed E-state index contributed by atoms with van der Waals surface area (Å²) in [6.07, 6.45) is 5.26. The van der Waals surface area contributed by atoms with Crippen LogP contribution in [0.15, 0.2) is 22.9 Å². The lowest BCUT2D eigenvalue weighted by Gasteiger charge is -2.03. The van der Waals surface area contributed by atoms with Gasteiger partial charge in [-0.15, -0.1) is 0 Å². The Morgan fingerprint density at radius 3 is 2.69 bits per heavy atom. The topological polar surface area (TPSA) is 43.6 Å². The van der Waals surface area contributed by atoms with E-state index in [2.05, 4.69) is 44.8 Å². The van der Waals surface area contributed by atoms with E-state index in [4.69, 9.17) is 0 Å². The van der Waals surface area contributed by atoms with Gasteiger partial charge in [-0.2, -0.15) is 5.10 Å². The predicted octanol–water partition coefficient (Wildman–Crippen LogP) is 2.55. The van der Waals surface area contributed by atoms with Crippen LogP contribution in [0.2, 0.25) is 0 Å². The molecule has 0 amide bonds. The molecule has 0 aliphatic rings. The number of rotatable bonds is 3. The number of pyridine rings is 1. The zero-order valence-electron chi connectivity index (χ0n) is 9.31. The van der Waals surface area contributed by atoms with Crippen LogP contribution < -0.4 is 0 Å². The molecular formula is C11H13BrN4. The smallest absolute Gasteiger partial charge is 0.151 e. The van der Waals surface area contributed by atoms with E-state index in [-0.39, 0.29) is 0 Å². The van der Waals surface area contributed by atoms with Crippen LogP contribution in [-0.2, 0) is 12.8 Å². The summed E-state index contributed by atoms with van der Waals surface area (Å²) in [7, 11) is 0. The zero-order valence-corrected chi connectivity index (χ0v) is 10.9. The van der Waals surface area contributed by atoms with E-state index in [0.717, 1.165) is 34.7 Å². The molecule has 2 aromatic rings. The first-order valence-corrected chi connectivity index (χ1v) is 6.09. The lowest BCUT2D eigenvalue weighted by molar-refractivity contribution is 0.786. The van der Waals surface area contributed by atoms with E-state index < -0.39 is 0 Å². The van der Waals surface area contributed by atoms with Gasteiger partial charge in [-0.05, 0) is 22.0 Å². The molecule has 4 nitrogen and oxygen atoms in total. The molecule has 0 unspecified atom stereocenters. The Bertz CT molecular complexity index is 492. The number of nitrogens with zero attached hydrogens (tertiary/aromatic N) is 4. The highest BCUT2D eigenvalue weighted by Crippen LogP contribution is 2.15. The summed E-state index contributed by atoms with van der Waals surface area (Å²) in [5, 5.41) is 4.46. The first-order valence-electron chi connectivity index (χ1n) is 5.30. The molecule has 2 rings (SSSR count). The van der Waals surface area contributed by atoms with Gasteiger partial charge >= 0.3 is 0 Å². The van der Waals surface area contributed by atoms with Gasteiger partial charge in [0.15, 0.2) is 5.82 Å². The third kappa shape index (κ3) is 2.14. The van der Waals surface area contributed by atoms with Gasteiger partial charge in [-0.1, -0.05) is 13.8 Å². The molecule has 0 aromatic carbocycles. The van der Waals surface area contributed by atoms with Gasteiger partial charge in [-0.3, -0.25) is 4.98 Å². The molecule has 0 atom stereocenters. The highest BCUT2D eigenvalue weighted by atomic mass is 79.9. The van der Waals surface area contributed by atoms with Crippen LogP contribution in [0.4, 0.5) is 0 Å². The molecule has 0 N–H and O–H groups in total. The predicted molar refractivity (Wildman–Crippen MR) is 65.6 cm³/mol. The van der Waals surface area contributed by atoms with Crippen molar-refractivity contribution < 1.29 is 0 Å². The van der Waals surface area contributed by atoms with Crippen molar-refractivity contribution in [3.63, 3.8) is 0 Å². The van der Waals surface area contributed by atoms with Crippen molar-refractivity contribution in [1.29, 1.82) is 0 Å². The molecule has 2 aromatic heterocycles. The second-order valence-electron chi connectivity index (χ2n) is 3.42. The second-order valence-corrected chi connectivity index (χ2v) is 4.34. The minimum absolute atomic E-state index is 0.849. The van der Waals surface area contributed by atoms with Crippen LogP contribution in [0.25, 0.3) is 5.69 Å². The lowest BCUT2D eigenvalue weighted by atomic mass is 10.4. The maximum atomic E-state index is 4.46. The van der Waals surface area contributed by atoms with Gasteiger partial charge in [0, 0.05) is 23.5 Å². The fraction of sp³-hybridized carbons (Fsp3) is 0.364. The molecule has 84 valence electrons. The molecule has 2 heterocycles. The van der Waals surface area contributed by atoms with Crippen LogP contribution in [0, 0.1) is 0 Å². The Balaban J connectivity index is 2.50. The van der Waals surface area contributed by atoms with E-state index in [1.165, 1.54) is 0 Å². The van der Waals surface area contributed by atoms with Crippen LogP contribution in [0.1, 0.15) is 25.5 Å². The van der Waals surface area contributed by atoms with Crippen molar-refractivity contribution in [2.75, 3.05) is 0 Å². The van der Waals surface area contributed by atoms with Gasteiger partial charge in [0.25, 0.3) is 0 Å². The molecule has 5 heteroatoms. The van der Waals surface area contributed by atoms with Crippen molar-refractivity contribution in [3.05, 3.63) is 34.6 Å². The quantitative estimate of drug-likeness (QED) is 0.868. The first-order chi connectivity index (χ1) is 7.74. The highest BCUT2D eigenvalue weighted by molar-refractivity contribution is 9.10. The monoisotopic (exact) mass is 280 g/mol. The average molecular weight is 281 g/mol. The minimum Gasteiger partial charge on any atom is -0.261 e. The molecule has 0 spiro atoms. The number of halogens is 1. The summed E-state index contributed by atoms with van der Waals surface area (Å²) in [5.74, 6) is 1.84. The van der Waals surface area contributed by atoms with Crippen molar-refractivity contribution in [1.82, 2.24) is 19.7 Å². The van der Waals surface area contributed by atoms with Gasteiger partial charge in [-0.25, -0.2) is 9.67 Å². The molecule has 0 bridgehead atoms. The van der Waals surface area contributed by atoms with E-state index in [0.29, 0.717) is 0 Å². The SMILES string of the molecule is CCc1nc(CC)n(-c2cncc(Br)c2)n1. The molecule has 0 aliphatic carbocycles. The molecule has 0 radical (unpaired) electrons. The maximum absolute atomic E-state index is 4.46. The maximum Gasteiger partial charge on any atom is 0.151 e. The summed E-state index contributed by atoms with van der Waals surface area (Å²) in [6, 6.07) is 1.99. The number of hydrogen-bond acceptors (Lipinski definition) is 3. The van der Waals surface area contributed by atoms with Gasteiger partial charge in [0.2, 0.25) is 0 Å². The highest BCUT2D eigenvalue weighted by Gasteiger charge is 2.09. The van der Waals surface area contributed by atoms with Crippen LogP contribution in [0.5, 0.6) is 0 Å². The Hall–Kier alpha value is -1.23. The number of hydrogen-bond donors (Lipinski definition) is 0. The Kier molecular flexibility index (Phi) is 3.33. The Morgan fingerprint density at radius 2 is 2.06 bits per heavy atom. The van der Waals surface area contributed by atoms with E-state index in [1.807, 2.05) is 10.7 Å². The van der Waals surface area contributed by atoms with Crippen molar-refractivity contribution in [2.45, 2.75) is 26.7 Å². The van der Waals surface area contributed by atoms with Crippen molar-refractivity contribution in [2.24, 2.45) is 0 Å². The summed E-state index contributed by atoms with van der Waals surface area (Å²) in [5.41, 5.74) is 0.943. The van der Waals surface area contributed by atoms with E-state index >= 15 is 0 Å². The zero-order chi connectivity index (χ0) is 11.5. The van der Waals surface area contributed by atoms with Gasteiger partial charge in [0.05, 0.1) is 11.9 Å². The van der Waals surface area contributed by atoms with Crippen LogP contribution in [0.3, 0.4) is 0 Å². The van der Waals surface area contributed by atoms with Crippen LogP contribution >= 0.6 is 15.9 Å². The van der Waals surface area contributed by atoms with Crippen LogP contribution in [-0.4, -0.2) is 19.7 Å². The van der Waals surface area contributed by atoms with E-state index in [9.17, 15) is 0 Å². The summed E-state index contributed by atoms with van der Waals surface area (Å²) < 4.78 is 2.80. The minimum atomic E-state index is 0.849. The third-order valence-electron chi connectivity index (χ3n) is 2.29. The second kappa shape index (κ2) is 4.74. The summed E-state index contributed by atoms with van der Waals surface area (Å²) >= 11 is 3.41. The fourth-order valence-corrected chi connectivity index (χ4v) is 1.85. The van der Waals surface area contributed by atoms with Gasteiger partial charge in [0.1, 0.15) is 5.82 Å². The summed E-state index contributed by atoms with van der Waals surface area (Å²) in [4.78, 5) is 8.60. The molecule has 0 aliphatic heterocycles. The molecule has 0 saturated heterocycles. The number of aromatic nitrogens is 4. The van der Waals surface area contributed by atoms with Crippen molar-refractivity contribution >= 4 is 15.9 Å².